The first-order valence-corrected chi connectivity index (χ1v) is 10.0. The average molecular weight is 353 g/mol. The zero-order valence-electron chi connectivity index (χ0n) is 18.4. The lowest BCUT2D eigenvalue weighted by Crippen LogP contribution is -2.06. The highest BCUT2D eigenvalue weighted by Crippen LogP contribution is 2.04. The van der Waals surface area contributed by atoms with Crippen LogP contribution in [0, 0.1) is 18.8 Å². The van der Waals surface area contributed by atoms with Gasteiger partial charge in [0.15, 0.2) is 0 Å². The topological polar surface area (TPSA) is 37.3 Å². The maximum Gasteiger partial charge on any atom is 0.135 e. The Balaban J connectivity index is -0.000000282. The van der Waals surface area contributed by atoms with Crippen molar-refractivity contribution in [3.8, 4) is 0 Å². The van der Waals surface area contributed by atoms with Crippen molar-refractivity contribution in [1.29, 1.82) is 0 Å². The molecule has 0 saturated carbocycles. The zero-order chi connectivity index (χ0) is 20.3. The molecule has 1 unspecified atom stereocenters. The van der Waals surface area contributed by atoms with Gasteiger partial charge in [0.1, 0.15) is 5.78 Å². The summed E-state index contributed by atoms with van der Waals surface area (Å²) in [6, 6.07) is 7.84. The second kappa shape index (κ2) is 20.9. The molecule has 0 aliphatic rings. The Morgan fingerprint density at radius 1 is 1.00 bits per heavy atom. The summed E-state index contributed by atoms with van der Waals surface area (Å²) in [6.45, 7) is 18.8. The number of benzene rings is 1. The van der Waals surface area contributed by atoms with E-state index in [2.05, 4.69) is 20.8 Å². The van der Waals surface area contributed by atoms with Crippen LogP contribution < -0.4 is 0 Å². The first kappa shape index (κ1) is 28.6. The maximum absolute atomic E-state index is 10.7. The first-order valence-electron chi connectivity index (χ1n) is 10.0. The van der Waals surface area contributed by atoms with Crippen molar-refractivity contribution >= 4 is 5.78 Å². The molecule has 25 heavy (non-hydrogen) atoms. The summed E-state index contributed by atoms with van der Waals surface area (Å²) >= 11 is 0. The molecule has 1 aromatic rings. The highest BCUT2D eigenvalue weighted by atomic mass is 16.3. The number of hydrogen-bond acceptors (Lipinski definition) is 2. The normalized spacial score (nSPS) is 10.4. The number of ketones is 1. The maximum atomic E-state index is 10.7. The van der Waals surface area contributed by atoms with Crippen LogP contribution in [-0.2, 0) is 11.4 Å². The molecular weight excluding hydrogens is 308 g/mol. The van der Waals surface area contributed by atoms with Crippen molar-refractivity contribution in [3.05, 3.63) is 35.4 Å². The van der Waals surface area contributed by atoms with Gasteiger partial charge < -0.3 is 5.11 Å². The standard InChI is InChI=1S/C8H10O.C7H14O.C6H14.C2H6/c1-7-3-2-4-8(5-7)6-9;1-4-6(3)7(8)5-2;1-4-6(3)5-2;1-2/h2-5,9H,6H2,1H3;6H,4-5H2,1-3H3;6H,4-5H2,1-3H3;1-2H3. The van der Waals surface area contributed by atoms with Crippen LogP contribution in [0.25, 0.3) is 0 Å². The molecule has 2 heteroatoms. The quantitative estimate of drug-likeness (QED) is 0.600. The number of carbonyl (C=O) groups is 1. The van der Waals surface area contributed by atoms with Crippen molar-refractivity contribution in [3.63, 3.8) is 0 Å². The molecule has 0 radical (unpaired) electrons. The van der Waals surface area contributed by atoms with Gasteiger partial charge in [0.05, 0.1) is 6.61 Å². The molecule has 0 saturated heterocycles. The van der Waals surface area contributed by atoms with E-state index in [-0.39, 0.29) is 12.5 Å². The molecule has 0 aromatic heterocycles. The van der Waals surface area contributed by atoms with Gasteiger partial charge in [-0.2, -0.15) is 0 Å². The Labute approximate surface area is 158 Å². The van der Waals surface area contributed by atoms with Crippen LogP contribution in [0.15, 0.2) is 24.3 Å². The van der Waals surface area contributed by atoms with E-state index in [0.29, 0.717) is 12.2 Å². The van der Waals surface area contributed by atoms with Gasteiger partial charge in [-0.25, -0.2) is 0 Å². The fraction of sp³-hybridized carbons (Fsp3) is 0.696. The largest absolute Gasteiger partial charge is 0.392 e. The molecule has 1 rings (SSSR count). The Hall–Kier alpha value is -1.15. The second-order valence-corrected chi connectivity index (χ2v) is 6.20. The molecule has 0 aliphatic carbocycles. The molecule has 0 bridgehead atoms. The molecule has 0 fully saturated rings. The predicted molar refractivity (Wildman–Crippen MR) is 113 cm³/mol. The predicted octanol–water partition coefficient (Wildman–Crippen LogP) is 6.97. The van der Waals surface area contributed by atoms with E-state index in [1.54, 1.807) is 0 Å². The van der Waals surface area contributed by atoms with E-state index in [9.17, 15) is 4.79 Å². The van der Waals surface area contributed by atoms with Crippen molar-refractivity contribution in [1.82, 2.24) is 0 Å². The molecule has 0 heterocycles. The lowest BCUT2D eigenvalue weighted by Gasteiger charge is -2.02. The first-order chi connectivity index (χ1) is 11.9. The van der Waals surface area contributed by atoms with E-state index in [1.165, 1.54) is 18.4 Å². The van der Waals surface area contributed by atoms with Gasteiger partial charge in [-0.05, 0) is 24.8 Å². The molecule has 0 spiro atoms. The number of hydrogen-bond donors (Lipinski definition) is 1. The molecule has 1 aromatic carbocycles. The Morgan fingerprint density at radius 2 is 1.52 bits per heavy atom. The lowest BCUT2D eigenvalue weighted by molar-refractivity contribution is -0.122. The SMILES string of the molecule is CC.CCC(=O)C(C)CC.CCC(C)CC.Cc1cccc(CO)c1. The number of Topliss-reactive ketones (excluding diaryl/α,β-unsaturated/α-hetero) is 1. The number of aryl methyl sites for hydroxylation is 1. The summed E-state index contributed by atoms with van der Waals surface area (Å²) in [4.78, 5) is 10.7. The Bertz CT molecular complexity index is 395. The fourth-order valence-electron chi connectivity index (χ4n) is 1.68. The number of carbonyl (C=O) groups excluding carboxylic acids is 1. The summed E-state index contributed by atoms with van der Waals surface area (Å²) in [5.41, 5.74) is 2.18. The van der Waals surface area contributed by atoms with Gasteiger partial charge in [0.2, 0.25) is 0 Å². The number of aliphatic hydroxyl groups is 1. The van der Waals surface area contributed by atoms with Gasteiger partial charge in [-0.3, -0.25) is 4.79 Å². The van der Waals surface area contributed by atoms with E-state index >= 15 is 0 Å². The highest BCUT2D eigenvalue weighted by molar-refractivity contribution is 5.80. The molecule has 2 nitrogen and oxygen atoms in total. The minimum atomic E-state index is 0.141. The lowest BCUT2D eigenvalue weighted by atomic mass is 10.0. The highest BCUT2D eigenvalue weighted by Gasteiger charge is 2.05. The summed E-state index contributed by atoms with van der Waals surface area (Å²) in [7, 11) is 0. The minimum Gasteiger partial charge on any atom is -0.392 e. The van der Waals surface area contributed by atoms with Crippen LogP contribution in [0.3, 0.4) is 0 Å². The molecule has 1 N–H and O–H groups in total. The van der Waals surface area contributed by atoms with Crippen molar-refractivity contribution in [2.75, 3.05) is 0 Å². The van der Waals surface area contributed by atoms with Crippen molar-refractivity contribution in [2.24, 2.45) is 11.8 Å². The molecule has 148 valence electrons. The third-order valence-electron chi connectivity index (χ3n) is 4.17. The summed E-state index contributed by atoms with van der Waals surface area (Å²) in [5, 5.41) is 8.66. The van der Waals surface area contributed by atoms with E-state index in [4.69, 9.17) is 5.11 Å². The van der Waals surface area contributed by atoms with Crippen molar-refractivity contribution in [2.45, 2.75) is 94.6 Å². The number of aliphatic hydroxyl groups excluding tert-OH is 1. The van der Waals surface area contributed by atoms with Crippen LogP contribution in [0.1, 0.15) is 92.2 Å². The van der Waals surface area contributed by atoms with Gasteiger partial charge >= 0.3 is 0 Å². The van der Waals surface area contributed by atoms with Gasteiger partial charge in [-0.15, -0.1) is 0 Å². The van der Waals surface area contributed by atoms with Gasteiger partial charge in [0, 0.05) is 12.3 Å². The Morgan fingerprint density at radius 3 is 1.72 bits per heavy atom. The van der Waals surface area contributed by atoms with Crippen LogP contribution in [0.5, 0.6) is 0 Å². The summed E-state index contributed by atoms with van der Waals surface area (Å²) in [5.74, 6) is 1.59. The van der Waals surface area contributed by atoms with E-state index in [1.807, 2.05) is 65.8 Å². The van der Waals surface area contributed by atoms with E-state index in [0.717, 1.165) is 17.9 Å². The molecular formula is C23H44O2. The summed E-state index contributed by atoms with van der Waals surface area (Å²) in [6.07, 6.45) is 4.33. The molecule has 0 amide bonds. The summed E-state index contributed by atoms with van der Waals surface area (Å²) < 4.78 is 0. The third kappa shape index (κ3) is 19.0. The fourth-order valence-corrected chi connectivity index (χ4v) is 1.68. The number of rotatable bonds is 6. The second-order valence-electron chi connectivity index (χ2n) is 6.20. The van der Waals surface area contributed by atoms with Crippen LogP contribution in [0.2, 0.25) is 0 Å². The average Bonchev–Trinajstić information content (AvgIpc) is 2.68. The minimum absolute atomic E-state index is 0.141. The van der Waals surface area contributed by atoms with Crippen LogP contribution >= 0.6 is 0 Å². The van der Waals surface area contributed by atoms with Gasteiger partial charge in [-0.1, -0.05) is 98.1 Å². The van der Waals surface area contributed by atoms with Gasteiger partial charge in [0.25, 0.3) is 0 Å². The van der Waals surface area contributed by atoms with Crippen LogP contribution in [0.4, 0.5) is 0 Å². The molecule has 1 atom stereocenters. The van der Waals surface area contributed by atoms with Crippen molar-refractivity contribution < 1.29 is 9.90 Å². The molecule has 0 aliphatic heterocycles. The smallest absolute Gasteiger partial charge is 0.135 e. The third-order valence-corrected chi connectivity index (χ3v) is 4.17. The zero-order valence-corrected chi connectivity index (χ0v) is 18.4. The Kier molecular flexibility index (Phi) is 23.9. The monoisotopic (exact) mass is 352 g/mol. The van der Waals surface area contributed by atoms with E-state index < -0.39 is 0 Å². The van der Waals surface area contributed by atoms with Crippen LogP contribution in [-0.4, -0.2) is 10.9 Å².